The molecule has 0 aliphatic heterocycles. The molecule has 0 bridgehead atoms. The van der Waals surface area contributed by atoms with Gasteiger partial charge in [0.2, 0.25) is 0 Å². The van der Waals surface area contributed by atoms with E-state index in [9.17, 15) is 9.66 Å². The summed E-state index contributed by atoms with van der Waals surface area (Å²) in [5.41, 5.74) is 3.04. The highest BCUT2D eigenvalue weighted by atomic mass is 79.9. The lowest BCUT2D eigenvalue weighted by molar-refractivity contribution is 0.198. The molecule has 0 amide bonds. The van der Waals surface area contributed by atoms with Crippen LogP contribution in [0.2, 0.25) is 5.02 Å². The lowest BCUT2D eigenvalue weighted by Crippen LogP contribution is -2.13. The van der Waals surface area contributed by atoms with Crippen LogP contribution in [0.25, 0.3) is 22.2 Å². The van der Waals surface area contributed by atoms with Gasteiger partial charge in [-0.15, -0.1) is 0 Å². The van der Waals surface area contributed by atoms with Gasteiger partial charge in [-0.05, 0) is 45.7 Å². The standard InChI is InChI=1S/C14H12BrClN2O2S2/c1-22(20)6-12(19)14-13(10-2-3-21-18-10)7-4-9(16)8(15)5-11(7)17-14/h2-5,12,17,19H,6H2,1H3. The Balaban J connectivity index is 2.24. The Hall–Kier alpha value is -0.570. The third kappa shape index (κ3) is 3.06. The average Bonchev–Trinajstić information content (AvgIpc) is 3.05. The molecule has 2 N–H and O–H groups in total. The Morgan fingerprint density at radius 3 is 2.95 bits per heavy atom. The molecule has 116 valence electrons. The van der Waals surface area contributed by atoms with Gasteiger partial charge in [0.25, 0.3) is 0 Å². The normalized spacial score (nSPS) is 14.4. The van der Waals surface area contributed by atoms with Crippen LogP contribution in [-0.4, -0.2) is 31.0 Å². The van der Waals surface area contributed by atoms with E-state index < -0.39 is 17.3 Å². The molecule has 1 aromatic carbocycles. The van der Waals surface area contributed by atoms with Crippen molar-refractivity contribution in [2.45, 2.75) is 6.10 Å². The molecule has 3 aromatic rings. The molecule has 0 spiro atoms. The van der Waals surface area contributed by atoms with Crippen LogP contribution in [0.1, 0.15) is 11.8 Å². The van der Waals surface area contributed by atoms with Crippen LogP contribution in [0.4, 0.5) is 0 Å². The Kier molecular flexibility index (Phi) is 4.82. The third-order valence-electron chi connectivity index (χ3n) is 3.29. The van der Waals surface area contributed by atoms with Gasteiger partial charge in [-0.1, -0.05) is 22.8 Å². The second-order valence-electron chi connectivity index (χ2n) is 4.87. The summed E-state index contributed by atoms with van der Waals surface area (Å²) in [7, 11) is 0. The topological polar surface area (TPSA) is 72.0 Å². The van der Waals surface area contributed by atoms with Crippen LogP contribution < -0.4 is 0 Å². The fraction of sp³-hybridized carbons (Fsp3) is 0.214. The number of benzene rings is 1. The number of aliphatic hydroxyl groups excluding tert-OH is 1. The fourth-order valence-electron chi connectivity index (χ4n) is 2.38. The Labute approximate surface area is 148 Å². The SMILES string of the molecule is C[S+]([O-])CC(O)c1[nH]c2cc(Br)c(Cl)cc2c1-c1ccsn1. The summed E-state index contributed by atoms with van der Waals surface area (Å²) >= 11 is 9.84. The molecule has 0 saturated carbocycles. The summed E-state index contributed by atoms with van der Waals surface area (Å²) in [6, 6.07) is 5.60. The molecular formula is C14H12BrClN2O2S2. The number of nitrogens with zero attached hydrogens (tertiary/aromatic N) is 1. The Morgan fingerprint density at radius 2 is 2.32 bits per heavy atom. The molecule has 3 rings (SSSR count). The van der Waals surface area contributed by atoms with E-state index >= 15 is 0 Å². The highest BCUT2D eigenvalue weighted by Gasteiger charge is 2.24. The highest BCUT2D eigenvalue weighted by molar-refractivity contribution is 9.10. The van der Waals surface area contributed by atoms with E-state index in [1.54, 1.807) is 6.26 Å². The van der Waals surface area contributed by atoms with E-state index in [0.717, 1.165) is 26.6 Å². The smallest absolute Gasteiger partial charge is 0.139 e. The van der Waals surface area contributed by atoms with E-state index in [1.165, 1.54) is 11.5 Å². The van der Waals surface area contributed by atoms with Crippen LogP contribution in [0.15, 0.2) is 28.1 Å². The summed E-state index contributed by atoms with van der Waals surface area (Å²) in [5, 5.41) is 13.8. The van der Waals surface area contributed by atoms with Crippen LogP contribution in [0.5, 0.6) is 0 Å². The first kappa shape index (κ1) is 16.3. The van der Waals surface area contributed by atoms with Crippen molar-refractivity contribution >= 4 is 61.1 Å². The van der Waals surface area contributed by atoms with Crippen molar-refractivity contribution in [1.29, 1.82) is 0 Å². The zero-order valence-corrected chi connectivity index (χ0v) is 15.4. The summed E-state index contributed by atoms with van der Waals surface area (Å²) in [6.07, 6.45) is 0.717. The minimum atomic E-state index is -1.10. The molecular weight excluding hydrogens is 408 g/mol. The molecule has 2 unspecified atom stereocenters. The van der Waals surface area contributed by atoms with Crippen molar-refractivity contribution in [3.05, 3.63) is 38.8 Å². The number of hydrogen-bond donors (Lipinski definition) is 2. The summed E-state index contributed by atoms with van der Waals surface area (Å²) in [5.74, 6) is 0.166. The van der Waals surface area contributed by atoms with E-state index in [4.69, 9.17) is 11.6 Å². The zero-order chi connectivity index (χ0) is 15.9. The maximum Gasteiger partial charge on any atom is 0.139 e. The van der Waals surface area contributed by atoms with Crippen LogP contribution >= 0.6 is 39.1 Å². The van der Waals surface area contributed by atoms with E-state index in [1.807, 2.05) is 23.6 Å². The van der Waals surface area contributed by atoms with Gasteiger partial charge in [0.1, 0.15) is 11.9 Å². The molecule has 0 radical (unpaired) electrons. The number of H-pyrrole nitrogens is 1. The summed E-state index contributed by atoms with van der Waals surface area (Å²) in [4.78, 5) is 3.22. The number of rotatable bonds is 4. The van der Waals surface area contributed by atoms with E-state index in [-0.39, 0.29) is 5.75 Å². The molecule has 2 atom stereocenters. The monoisotopic (exact) mass is 418 g/mol. The van der Waals surface area contributed by atoms with Crippen LogP contribution in [0, 0.1) is 0 Å². The summed E-state index contributed by atoms with van der Waals surface area (Å²) < 4.78 is 16.6. The largest absolute Gasteiger partial charge is 0.616 e. The Bertz CT molecular complexity index is 805. The molecule has 8 heteroatoms. The molecule has 0 saturated heterocycles. The lowest BCUT2D eigenvalue weighted by Gasteiger charge is -2.12. The molecule has 0 fully saturated rings. The number of halogens is 2. The predicted molar refractivity (Wildman–Crippen MR) is 96.0 cm³/mol. The minimum Gasteiger partial charge on any atom is -0.616 e. The van der Waals surface area contributed by atoms with Crippen LogP contribution in [0.3, 0.4) is 0 Å². The van der Waals surface area contributed by atoms with Crippen molar-refractivity contribution < 1.29 is 9.66 Å². The van der Waals surface area contributed by atoms with Crippen molar-refractivity contribution in [3.63, 3.8) is 0 Å². The van der Waals surface area contributed by atoms with Crippen molar-refractivity contribution in [1.82, 2.24) is 9.36 Å². The minimum absolute atomic E-state index is 0.166. The van der Waals surface area contributed by atoms with E-state index in [2.05, 4.69) is 25.3 Å². The molecule has 2 aromatic heterocycles. The first-order valence-corrected chi connectivity index (χ1v) is 10.1. The van der Waals surface area contributed by atoms with Gasteiger partial charge in [0.15, 0.2) is 0 Å². The molecule has 0 aliphatic carbocycles. The quantitative estimate of drug-likeness (QED) is 0.625. The number of fused-ring (bicyclic) bond motifs is 1. The average molecular weight is 420 g/mol. The maximum absolute atomic E-state index is 11.4. The maximum atomic E-state index is 11.4. The van der Waals surface area contributed by atoms with Gasteiger partial charge < -0.3 is 14.6 Å². The van der Waals surface area contributed by atoms with Gasteiger partial charge in [-0.2, -0.15) is 4.37 Å². The molecule has 4 nitrogen and oxygen atoms in total. The lowest BCUT2D eigenvalue weighted by atomic mass is 10.1. The van der Waals surface area contributed by atoms with Crippen LogP contribution in [-0.2, 0) is 11.2 Å². The number of aromatic nitrogens is 2. The van der Waals surface area contributed by atoms with Gasteiger partial charge in [-0.25, -0.2) is 0 Å². The predicted octanol–water partition coefficient (Wildman–Crippen LogP) is 4.12. The van der Waals surface area contributed by atoms with Crippen molar-refractivity contribution in [2.75, 3.05) is 12.0 Å². The zero-order valence-electron chi connectivity index (χ0n) is 11.5. The van der Waals surface area contributed by atoms with E-state index in [0.29, 0.717) is 10.7 Å². The van der Waals surface area contributed by atoms with Gasteiger partial charge in [0, 0.05) is 26.3 Å². The highest BCUT2D eigenvalue weighted by Crippen LogP contribution is 2.39. The number of aliphatic hydroxyl groups is 1. The number of hydrogen-bond acceptors (Lipinski definition) is 4. The first-order valence-electron chi connectivity index (χ1n) is 6.37. The molecule has 2 heterocycles. The third-order valence-corrected chi connectivity index (χ3v) is 5.83. The van der Waals surface area contributed by atoms with Crippen molar-refractivity contribution in [3.8, 4) is 11.3 Å². The second-order valence-corrected chi connectivity index (χ2v) is 8.27. The van der Waals surface area contributed by atoms with Crippen molar-refractivity contribution in [2.24, 2.45) is 0 Å². The van der Waals surface area contributed by atoms with Gasteiger partial charge in [0.05, 0.1) is 22.7 Å². The number of aromatic amines is 1. The second kappa shape index (κ2) is 6.51. The molecule has 22 heavy (non-hydrogen) atoms. The Morgan fingerprint density at radius 1 is 1.55 bits per heavy atom. The number of nitrogens with one attached hydrogen (secondary N) is 1. The molecule has 0 aliphatic rings. The first-order chi connectivity index (χ1) is 10.5. The summed E-state index contributed by atoms with van der Waals surface area (Å²) in [6.45, 7) is 0. The van der Waals surface area contributed by atoms with Gasteiger partial charge >= 0.3 is 0 Å². The fourth-order valence-corrected chi connectivity index (χ4v) is 4.02. The van der Waals surface area contributed by atoms with Gasteiger partial charge in [-0.3, -0.25) is 0 Å².